The second-order valence-electron chi connectivity index (χ2n) is 6.66. The Morgan fingerprint density at radius 2 is 2.22 bits per heavy atom. The van der Waals surface area contributed by atoms with Crippen LogP contribution in [-0.4, -0.2) is 62.9 Å². The van der Waals surface area contributed by atoms with E-state index in [1.54, 1.807) is 16.5 Å². The van der Waals surface area contributed by atoms with Crippen molar-refractivity contribution < 1.29 is 14.6 Å². The highest BCUT2D eigenvalue weighted by Gasteiger charge is 2.37. The first kappa shape index (κ1) is 15.9. The maximum Gasteiger partial charge on any atom is 0.259 e. The number of nitrogens with zero attached hydrogens (tertiary/aromatic N) is 4. The fourth-order valence-corrected chi connectivity index (χ4v) is 3.53. The minimum atomic E-state index is -0.758. The Balaban J connectivity index is 1.72. The van der Waals surface area contributed by atoms with Gasteiger partial charge in [0.05, 0.1) is 19.3 Å². The Kier molecular flexibility index (Phi) is 3.44. The van der Waals surface area contributed by atoms with E-state index in [0.717, 1.165) is 5.69 Å². The zero-order chi connectivity index (χ0) is 18.5. The van der Waals surface area contributed by atoms with Gasteiger partial charge in [-0.2, -0.15) is 9.61 Å². The van der Waals surface area contributed by atoms with Crippen LogP contribution in [0.1, 0.15) is 10.4 Å². The summed E-state index contributed by atoms with van der Waals surface area (Å²) in [6.45, 7) is 0.505. The highest BCUT2D eigenvalue weighted by atomic mass is 16.5. The molecule has 0 spiro atoms. The molecule has 2 atom stereocenters. The molecule has 3 aromatic rings. The third kappa shape index (κ3) is 2.55. The third-order valence-corrected chi connectivity index (χ3v) is 4.88. The van der Waals surface area contributed by atoms with Gasteiger partial charge in [0.1, 0.15) is 35.2 Å². The molecule has 3 N–H and O–H groups in total. The minimum Gasteiger partial charge on any atom is -0.486 e. The van der Waals surface area contributed by atoms with Gasteiger partial charge in [0.25, 0.3) is 5.91 Å². The monoisotopic (exact) mass is 366 g/mol. The van der Waals surface area contributed by atoms with Crippen molar-refractivity contribution in [3.63, 3.8) is 0 Å². The Morgan fingerprint density at radius 3 is 3.07 bits per heavy atom. The molecule has 1 saturated heterocycles. The fraction of sp³-hybridized carbons (Fsp3) is 0.278. The Morgan fingerprint density at radius 1 is 1.33 bits per heavy atom. The van der Waals surface area contributed by atoms with Crippen molar-refractivity contribution in [2.75, 3.05) is 30.8 Å². The zero-order valence-corrected chi connectivity index (χ0v) is 14.6. The molecule has 1 aromatic carbocycles. The van der Waals surface area contributed by atoms with Gasteiger partial charge in [-0.1, -0.05) is 6.07 Å². The number of ether oxygens (including phenoxy) is 1. The van der Waals surface area contributed by atoms with Crippen molar-refractivity contribution in [1.29, 1.82) is 0 Å². The average Bonchev–Trinajstić information content (AvgIpc) is 3.24. The summed E-state index contributed by atoms with van der Waals surface area (Å²) in [5.41, 5.74) is 1.62. The van der Waals surface area contributed by atoms with E-state index in [0.29, 0.717) is 35.1 Å². The van der Waals surface area contributed by atoms with Crippen LogP contribution < -0.4 is 15.4 Å². The van der Waals surface area contributed by atoms with Crippen molar-refractivity contribution in [2.45, 2.75) is 12.2 Å². The van der Waals surface area contributed by atoms with Crippen LogP contribution in [0.5, 0.6) is 5.75 Å². The number of fused-ring (bicyclic) bond motifs is 5. The van der Waals surface area contributed by atoms with E-state index < -0.39 is 12.2 Å². The van der Waals surface area contributed by atoms with Crippen LogP contribution in [0.15, 0.2) is 36.5 Å². The largest absolute Gasteiger partial charge is 0.486 e. The van der Waals surface area contributed by atoms with Gasteiger partial charge in [-0.15, -0.1) is 0 Å². The van der Waals surface area contributed by atoms with Gasteiger partial charge in [-0.25, -0.2) is 4.98 Å². The zero-order valence-electron chi connectivity index (χ0n) is 14.6. The number of amides is 1. The Bertz CT molecular complexity index is 1050. The number of carbonyl (C=O) groups is 1. The lowest BCUT2D eigenvalue weighted by Crippen LogP contribution is -2.31. The number of nitrogens with one attached hydrogen (secondary N) is 2. The molecule has 0 saturated carbocycles. The second kappa shape index (κ2) is 5.85. The molecule has 27 heavy (non-hydrogen) atoms. The van der Waals surface area contributed by atoms with Gasteiger partial charge in [-0.05, 0) is 12.1 Å². The van der Waals surface area contributed by atoms with Crippen LogP contribution in [0.3, 0.4) is 0 Å². The molecule has 9 nitrogen and oxygen atoms in total. The lowest BCUT2D eigenvalue weighted by molar-refractivity contribution is 0.0730. The van der Waals surface area contributed by atoms with Crippen molar-refractivity contribution in [3.05, 3.63) is 42.1 Å². The summed E-state index contributed by atoms with van der Waals surface area (Å²) >= 11 is 0. The topological polar surface area (TPSA) is 104 Å². The van der Waals surface area contributed by atoms with Crippen molar-refractivity contribution >= 4 is 28.9 Å². The lowest BCUT2D eigenvalue weighted by atomic mass is 10.2. The number of anilines is 3. The van der Waals surface area contributed by atoms with Crippen LogP contribution in [0.4, 0.5) is 17.3 Å². The predicted molar refractivity (Wildman–Crippen MR) is 98.6 cm³/mol. The highest BCUT2D eigenvalue weighted by Crippen LogP contribution is 2.28. The molecule has 2 aliphatic heterocycles. The predicted octanol–water partition coefficient (Wildman–Crippen LogP) is 1.09. The molecule has 4 heterocycles. The molecule has 1 fully saturated rings. The maximum atomic E-state index is 13.0. The normalized spacial score (nSPS) is 21.3. The molecule has 5 rings (SSSR count). The van der Waals surface area contributed by atoms with E-state index in [4.69, 9.17) is 4.74 Å². The Labute approximate surface area is 154 Å². The summed E-state index contributed by atoms with van der Waals surface area (Å²) in [7, 11) is 1.78. The lowest BCUT2D eigenvalue weighted by Gasteiger charge is -2.17. The number of carbonyl (C=O) groups excluding carboxylic acids is 1. The molecule has 138 valence electrons. The highest BCUT2D eigenvalue weighted by molar-refractivity contribution is 6.00. The van der Waals surface area contributed by atoms with E-state index in [9.17, 15) is 9.90 Å². The van der Waals surface area contributed by atoms with E-state index >= 15 is 0 Å². The minimum absolute atomic E-state index is 0.206. The molecule has 0 unspecified atom stereocenters. The van der Waals surface area contributed by atoms with Crippen molar-refractivity contribution in [1.82, 2.24) is 19.5 Å². The number of aliphatic hydroxyl groups excluding tert-OH is 1. The molecule has 6 bridgehead atoms. The number of hydrogen-bond acceptors (Lipinski definition) is 7. The fourth-order valence-electron chi connectivity index (χ4n) is 3.53. The van der Waals surface area contributed by atoms with Crippen LogP contribution in [0.2, 0.25) is 0 Å². The first-order valence-corrected chi connectivity index (χ1v) is 8.70. The van der Waals surface area contributed by atoms with Gasteiger partial charge in [0.2, 0.25) is 0 Å². The van der Waals surface area contributed by atoms with Crippen LogP contribution >= 0.6 is 0 Å². The van der Waals surface area contributed by atoms with Crippen molar-refractivity contribution in [3.8, 4) is 5.75 Å². The number of aromatic nitrogens is 3. The molecule has 2 aliphatic rings. The van der Waals surface area contributed by atoms with Gasteiger partial charge in [0, 0.05) is 24.9 Å². The molecule has 0 aliphatic carbocycles. The van der Waals surface area contributed by atoms with Gasteiger partial charge in [-0.3, -0.25) is 4.79 Å². The van der Waals surface area contributed by atoms with Gasteiger partial charge >= 0.3 is 0 Å². The molecule has 0 radical (unpaired) electrons. The standard InChI is InChI=1S/C18H18N6O3/c1-19-16-6-15-21-10-3-2-4-11(5-10)27-14-9-23(8-13(14)25)18(26)12-7-20-24(16)17(12)22-15/h2-7,13-14,19,25H,8-9H2,1H3,(H,21,22)/t13-,14+/m1/s1. The quantitative estimate of drug-likeness (QED) is 0.592. The third-order valence-electron chi connectivity index (χ3n) is 4.88. The maximum absolute atomic E-state index is 13.0. The second-order valence-corrected chi connectivity index (χ2v) is 6.66. The van der Waals surface area contributed by atoms with Crippen molar-refractivity contribution in [2.24, 2.45) is 0 Å². The summed E-state index contributed by atoms with van der Waals surface area (Å²) in [6, 6.07) is 9.25. The molecule has 2 aromatic heterocycles. The molecular formula is C18H18N6O3. The van der Waals surface area contributed by atoms with Gasteiger partial charge in [0.15, 0.2) is 5.65 Å². The van der Waals surface area contributed by atoms with Gasteiger partial charge < -0.3 is 25.4 Å². The van der Waals surface area contributed by atoms with E-state index in [1.807, 2.05) is 30.3 Å². The van der Waals surface area contributed by atoms with E-state index in [-0.39, 0.29) is 12.5 Å². The summed E-state index contributed by atoms with van der Waals surface area (Å²) in [4.78, 5) is 19.2. The molecule has 9 heteroatoms. The number of benzene rings is 1. The summed E-state index contributed by atoms with van der Waals surface area (Å²) < 4.78 is 7.53. The van der Waals surface area contributed by atoms with E-state index in [2.05, 4.69) is 20.7 Å². The Hall–Kier alpha value is -3.33. The first-order valence-electron chi connectivity index (χ1n) is 8.70. The molecular weight excluding hydrogens is 348 g/mol. The van der Waals surface area contributed by atoms with E-state index in [1.165, 1.54) is 6.20 Å². The molecule has 1 amide bonds. The number of aliphatic hydroxyl groups is 1. The first-order chi connectivity index (χ1) is 13.1. The average molecular weight is 366 g/mol. The van der Waals surface area contributed by atoms with Crippen LogP contribution in [0.25, 0.3) is 5.65 Å². The number of hydrogen-bond donors (Lipinski definition) is 3. The number of rotatable bonds is 1. The SMILES string of the molecule is CNc1cc2nc3c(cnn13)C(=O)N1C[C@@H](O)[C@H](C1)Oc1cccc(c1)N2. The van der Waals surface area contributed by atoms with Crippen LogP contribution in [0, 0.1) is 0 Å². The van der Waals surface area contributed by atoms with Crippen LogP contribution in [-0.2, 0) is 0 Å². The summed E-state index contributed by atoms with van der Waals surface area (Å²) in [6.07, 6.45) is 0.266. The summed E-state index contributed by atoms with van der Waals surface area (Å²) in [5, 5.41) is 21.0. The smallest absolute Gasteiger partial charge is 0.259 e. The summed E-state index contributed by atoms with van der Waals surface area (Å²) in [5.74, 6) is 1.67.